The number of amides is 2. The lowest BCUT2D eigenvalue weighted by Gasteiger charge is -2.29. The van der Waals surface area contributed by atoms with Gasteiger partial charge in [0.25, 0.3) is 0 Å². The van der Waals surface area contributed by atoms with Gasteiger partial charge in [0.15, 0.2) is 11.6 Å². The summed E-state index contributed by atoms with van der Waals surface area (Å²) in [4.78, 5) is 49.4. The summed E-state index contributed by atoms with van der Waals surface area (Å²) >= 11 is 0. The summed E-state index contributed by atoms with van der Waals surface area (Å²) in [6, 6.07) is 8.42. The lowest BCUT2D eigenvalue weighted by Crippen LogP contribution is -2.46. The van der Waals surface area contributed by atoms with Crippen molar-refractivity contribution in [2.45, 2.75) is 122 Å². The van der Waals surface area contributed by atoms with Crippen LogP contribution in [0.4, 0.5) is 0 Å². The molecule has 2 amide bonds. The zero-order valence-corrected chi connectivity index (χ0v) is 25.3. The molecule has 0 unspecified atom stereocenters. The fourth-order valence-electron chi connectivity index (χ4n) is 5.99. The van der Waals surface area contributed by atoms with Crippen molar-refractivity contribution in [3.05, 3.63) is 35.9 Å². The molecule has 41 heavy (non-hydrogen) atoms. The van der Waals surface area contributed by atoms with E-state index >= 15 is 0 Å². The van der Waals surface area contributed by atoms with Crippen molar-refractivity contribution < 1.29 is 29.4 Å². The van der Waals surface area contributed by atoms with Gasteiger partial charge in [0.1, 0.15) is 6.61 Å². The Morgan fingerprint density at radius 3 is 2.27 bits per heavy atom. The lowest BCUT2D eigenvalue weighted by molar-refractivity contribution is -0.128. The summed E-state index contributed by atoms with van der Waals surface area (Å²) in [7, 11) is 0. The number of ketones is 2. The molecule has 8 heteroatoms. The minimum Gasteiger partial charge on any atom is -0.391 e. The van der Waals surface area contributed by atoms with Crippen LogP contribution in [0.2, 0.25) is 0 Å². The summed E-state index contributed by atoms with van der Waals surface area (Å²) in [5.74, 6) is -0.460. The molecule has 4 N–H and O–H groups in total. The molecule has 0 radical (unpaired) electrons. The quantitative estimate of drug-likeness (QED) is 0.195. The standard InChI is InChI=1S/C33H52N2O6/c1-23(2)33(34-24(3)37)31(40)21-27(16-10-15-25-11-6-4-7-12-25)20-30(39)29(19-26-13-8-5-9-14-26)35-32(41)18-17-28(38)22-36/h5,8-9,13-14,23,25,27,29-30,33,36,39H,4,6-7,10-12,15-22H2,1-3H3,(H,34,37)(H,35,41)/t27-,29-,30-,33-/m0/s1. The van der Waals surface area contributed by atoms with Gasteiger partial charge in [0.05, 0.1) is 18.2 Å². The molecule has 8 nitrogen and oxygen atoms in total. The molecule has 0 spiro atoms. The Morgan fingerprint density at radius 2 is 1.66 bits per heavy atom. The SMILES string of the molecule is CC(=O)N[C@H](C(=O)C[C@@H](CCCC1CCCCC1)C[C@H](O)[C@H](Cc1ccccc1)NC(=O)CCC(=O)CO)C(C)C. The normalized spacial score (nSPS) is 16.9. The van der Waals surface area contributed by atoms with Crippen molar-refractivity contribution in [2.24, 2.45) is 17.8 Å². The second kappa shape index (κ2) is 18.8. The molecule has 1 fully saturated rings. The van der Waals surface area contributed by atoms with E-state index in [0.29, 0.717) is 12.8 Å². The third-order valence-electron chi connectivity index (χ3n) is 8.30. The maximum atomic E-state index is 13.4. The van der Waals surface area contributed by atoms with Crippen molar-refractivity contribution in [1.29, 1.82) is 0 Å². The molecular weight excluding hydrogens is 520 g/mol. The molecule has 230 valence electrons. The predicted molar refractivity (Wildman–Crippen MR) is 160 cm³/mol. The Balaban J connectivity index is 2.15. The van der Waals surface area contributed by atoms with Gasteiger partial charge in [-0.15, -0.1) is 0 Å². The molecule has 0 aromatic heterocycles. The van der Waals surface area contributed by atoms with Gasteiger partial charge in [-0.25, -0.2) is 0 Å². The number of nitrogens with one attached hydrogen (secondary N) is 2. The summed E-state index contributed by atoms with van der Waals surface area (Å²) < 4.78 is 0. The predicted octanol–water partition coefficient (Wildman–Crippen LogP) is 4.29. The first-order valence-corrected chi connectivity index (χ1v) is 15.5. The fourth-order valence-corrected chi connectivity index (χ4v) is 5.99. The highest BCUT2D eigenvalue weighted by Crippen LogP contribution is 2.30. The number of carbonyl (C=O) groups excluding carboxylic acids is 4. The molecule has 1 aromatic carbocycles. The Bertz CT molecular complexity index is 944. The average Bonchev–Trinajstić information content (AvgIpc) is 2.95. The number of rotatable bonds is 19. The van der Waals surface area contributed by atoms with Crippen molar-refractivity contribution in [3.63, 3.8) is 0 Å². The van der Waals surface area contributed by atoms with Gasteiger partial charge in [0, 0.05) is 26.2 Å². The van der Waals surface area contributed by atoms with Crippen LogP contribution in [0.3, 0.4) is 0 Å². The van der Waals surface area contributed by atoms with Crippen LogP contribution >= 0.6 is 0 Å². The molecule has 1 aliphatic carbocycles. The molecule has 2 rings (SSSR count). The minimum absolute atomic E-state index is 0.0313. The van der Waals surface area contributed by atoms with E-state index < -0.39 is 30.6 Å². The van der Waals surface area contributed by atoms with E-state index in [0.717, 1.165) is 30.7 Å². The van der Waals surface area contributed by atoms with Crippen LogP contribution in [0.1, 0.15) is 103 Å². The van der Waals surface area contributed by atoms with Crippen molar-refractivity contribution in [2.75, 3.05) is 6.61 Å². The van der Waals surface area contributed by atoms with Crippen LogP contribution in [0.25, 0.3) is 0 Å². The largest absolute Gasteiger partial charge is 0.391 e. The van der Waals surface area contributed by atoms with Crippen LogP contribution in [0, 0.1) is 17.8 Å². The number of Topliss-reactive ketones (excluding diaryl/α,β-unsaturated/α-hetero) is 2. The molecule has 0 aliphatic heterocycles. The van der Waals surface area contributed by atoms with Gasteiger partial charge in [-0.3, -0.25) is 19.2 Å². The molecule has 4 atom stereocenters. The highest BCUT2D eigenvalue weighted by atomic mass is 16.3. The van der Waals surface area contributed by atoms with Crippen molar-refractivity contribution in [3.8, 4) is 0 Å². The maximum Gasteiger partial charge on any atom is 0.220 e. The van der Waals surface area contributed by atoms with Gasteiger partial charge in [0.2, 0.25) is 11.8 Å². The molecule has 1 aromatic rings. The first kappa shape index (κ1) is 34.6. The van der Waals surface area contributed by atoms with Crippen LogP contribution in [-0.2, 0) is 25.6 Å². The van der Waals surface area contributed by atoms with Crippen molar-refractivity contribution >= 4 is 23.4 Å². The number of carbonyl (C=O) groups is 4. The third kappa shape index (κ3) is 13.8. The number of hydrogen-bond acceptors (Lipinski definition) is 6. The average molecular weight is 573 g/mol. The summed E-state index contributed by atoms with van der Waals surface area (Å²) in [6.45, 7) is 4.64. The van der Waals surface area contributed by atoms with Crippen LogP contribution in [-0.4, -0.2) is 58.4 Å². The zero-order chi connectivity index (χ0) is 30.2. The summed E-state index contributed by atoms with van der Waals surface area (Å²) in [6.07, 6.45) is 9.24. The van der Waals surface area contributed by atoms with Gasteiger partial charge < -0.3 is 20.8 Å². The number of hydrogen-bond donors (Lipinski definition) is 4. The Labute approximate surface area is 246 Å². The van der Waals surface area contributed by atoms with Crippen molar-refractivity contribution in [1.82, 2.24) is 10.6 Å². The van der Waals surface area contributed by atoms with Crippen LogP contribution in [0.15, 0.2) is 30.3 Å². The lowest BCUT2D eigenvalue weighted by atomic mass is 9.81. The van der Waals surface area contributed by atoms with Gasteiger partial charge >= 0.3 is 0 Å². The van der Waals surface area contributed by atoms with E-state index in [-0.39, 0.29) is 48.7 Å². The second-order valence-corrected chi connectivity index (χ2v) is 12.3. The Morgan fingerprint density at radius 1 is 0.976 bits per heavy atom. The topological polar surface area (TPSA) is 133 Å². The van der Waals surface area contributed by atoms with Gasteiger partial charge in [-0.2, -0.15) is 0 Å². The van der Waals surface area contributed by atoms with E-state index in [4.69, 9.17) is 5.11 Å². The highest BCUT2D eigenvalue weighted by Gasteiger charge is 2.30. The van der Waals surface area contributed by atoms with Gasteiger partial charge in [-0.05, 0) is 42.6 Å². The molecule has 0 heterocycles. The fraction of sp³-hybridized carbons (Fsp3) is 0.697. The Hall–Kier alpha value is -2.58. The highest BCUT2D eigenvalue weighted by molar-refractivity contribution is 5.88. The Kier molecular flexibility index (Phi) is 15.9. The van der Waals surface area contributed by atoms with E-state index in [1.165, 1.54) is 39.0 Å². The van der Waals surface area contributed by atoms with Crippen LogP contribution < -0.4 is 10.6 Å². The van der Waals surface area contributed by atoms with Crippen LogP contribution in [0.5, 0.6) is 0 Å². The third-order valence-corrected chi connectivity index (χ3v) is 8.30. The smallest absolute Gasteiger partial charge is 0.220 e. The van der Waals surface area contributed by atoms with E-state index in [1.54, 1.807) is 0 Å². The number of benzene rings is 1. The summed E-state index contributed by atoms with van der Waals surface area (Å²) in [5.41, 5.74) is 0.957. The van der Waals surface area contributed by atoms with E-state index in [2.05, 4.69) is 10.6 Å². The summed E-state index contributed by atoms with van der Waals surface area (Å²) in [5, 5.41) is 26.2. The molecule has 1 saturated carbocycles. The van der Waals surface area contributed by atoms with E-state index in [1.807, 2.05) is 44.2 Å². The minimum atomic E-state index is -0.904. The zero-order valence-electron chi connectivity index (χ0n) is 25.3. The number of aliphatic hydroxyl groups is 2. The molecule has 0 bridgehead atoms. The van der Waals surface area contributed by atoms with Gasteiger partial charge in [-0.1, -0.05) is 89.1 Å². The van der Waals surface area contributed by atoms with E-state index in [9.17, 15) is 24.3 Å². The molecular formula is C33H52N2O6. The second-order valence-electron chi connectivity index (χ2n) is 12.3. The molecule has 1 aliphatic rings. The first-order valence-electron chi connectivity index (χ1n) is 15.5. The maximum absolute atomic E-state index is 13.4. The number of aliphatic hydroxyl groups excluding tert-OH is 2. The molecule has 0 saturated heterocycles. The monoisotopic (exact) mass is 572 g/mol. The first-order chi connectivity index (χ1) is 19.6.